The van der Waals surface area contributed by atoms with Gasteiger partial charge in [0.15, 0.2) is 0 Å². The van der Waals surface area contributed by atoms with Gasteiger partial charge < -0.3 is 10.1 Å². The Kier molecular flexibility index (Phi) is 7.81. The third kappa shape index (κ3) is 4.72. The fourth-order valence-electron chi connectivity index (χ4n) is 12.7. The number of esters is 1. The summed E-state index contributed by atoms with van der Waals surface area (Å²) in [5, 5.41) is 3.22. The van der Waals surface area contributed by atoms with Crippen molar-refractivity contribution in [2.24, 2.45) is 50.7 Å². The summed E-state index contributed by atoms with van der Waals surface area (Å²) in [7, 11) is 0. The number of hydrogen-bond acceptors (Lipinski definition) is 4. The zero-order chi connectivity index (χ0) is 33.0. The average molecular weight is 630 g/mol. The predicted molar refractivity (Wildman–Crippen MR) is 170 cm³/mol. The molecule has 8 atom stereocenters. The van der Waals surface area contributed by atoms with Crippen LogP contribution >= 0.6 is 0 Å². The van der Waals surface area contributed by atoms with Crippen LogP contribution in [0.2, 0.25) is 0 Å². The number of nitrogens with one attached hydrogen (secondary N) is 1. The second kappa shape index (κ2) is 10.6. The van der Waals surface area contributed by atoms with Crippen LogP contribution in [0.25, 0.3) is 0 Å². The van der Waals surface area contributed by atoms with Crippen LogP contribution in [0.4, 0.5) is 8.78 Å². The Morgan fingerprint density at radius 3 is 2.16 bits per heavy atom. The zero-order valence-electron chi connectivity index (χ0n) is 29.0. The Morgan fingerprint density at radius 2 is 1.53 bits per heavy atom. The molecule has 252 valence electrons. The van der Waals surface area contributed by atoms with Gasteiger partial charge in [0.2, 0.25) is 11.8 Å². The molecule has 5 nitrogen and oxygen atoms in total. The van der Waals surface area contributed by atoms with Crippen LogP contribution in [-0.2, 0) is 19.1 Å². The molecule has 0 aromatic heterocycles. The Bertz CT molecular complexity index is 1290. The molecule has 5 fully saturated rings. The predicted octanol–water partition coefficient (Wildman–Crippen LogP) is 8.59. The summed E-state index contributed by atoms with van der Waals surface area (Å²) in [5.41, 5.74) is 1.54. The maximum absolute atomic E-state index is 14.4. The minimum absolute atomic E-state index is 0.0218. The monoisotopic (exact) mass is 629 g/mol. The number of Topliss-reactive ketones (excluding diaryl/α,β-unsaturated/α-hetero) is 1. The summed E-state index contributed by atoms with van der Waals surface area (Å²) in [4.78, 5) is 40.3. The Labute approximate surface area is 269 Å². The zero-order valence-corrected chi connectivity index (χ0v) is 29.0. The summed E-state index contributed by atoms with van der Waals surface area (Å²) >= 11 is 0. The van der Waals surface area contributed by atoms with Crippen molar-refractivity contribution in [3.05, 3.63) is 11.1 Å². The topological polar surface area (TPSA) is 72.5 Å². The number of ketones is 1. The standard InChI is InChI=1S/C38H57F2NO4/c1-22(2)30-26(43)21-37(32(44)41-24-11-17-38(39,40)18-12-24)20-19-35(7)25(31(30)37)9-10-28-34(6)15-14-29(45-23(3)42)33(4,5)27(34)13-16-36(28,35)8/h22,24,27-30H,9-21H2,1-8H3,(H,41,44)/t27-,28+,29-,30?,34-,35+,36+,37+/m0/s1. The maximum atomic E-state index is 14.4. The average Bonchev–Trinajstić information content (AvgIpc) is 3.25. The van der Waals surface area contributed by atoms with Gasteiger partial charge in [0.05, 0.1) is 5.41 Å². The van der Waals surface area contributed by atoms with Crippen LogP contribution in [-0.4, -0.2) is 35.7 Å². The van der Waals surface area contributed by atoms with E-state index in [1.165, 1.54) is 12.5 Å². The fourth-order valence-corrected chi connectivity index (χ4v) is 12.7. The summed E-state index contributed by atoms with van der Waals surface area (Å²) in [6.07, 6.45) is 7.92. The van der Waals surface area contributed by atoms with Gasteiger partial charge in [-0.3, -0.25) is 14.4 Å². The van der Waals surface area contributed by atoms with Crippen molar-refractivity contribution >= 4 is 17.7 Å². The Balaban J connectivity index is 1.37. The third-order valence-electron chi connectivity index (χ3n) is 15.1. The fraction of sp³-hybridized carbons (Fsp3) is 0.868. The minimum Gasteiger partial charge on any atom is -0.462 e. The molecule has 0 radical (unpaired) electrons. The second-order valence-corrected chi connectivity index (χ2v) is 17.8. The molecule has 0 aromatic carbocycles. The van der Waals surface area contributed by atoms with Crippen LogP contribution in [0, 0.1) is 50.7 Å². The first-order chi connectivity index (χ1) is 20.8. The number of amides is 1. The number of allylic oxidation sites excluding steroid dienone is 1. The van der Waals surface area contributed by atoms with E-state index in [0.29, 0.717) is 18.3 Å². The number of carbonyl (C=O) groups is 3. The molecule has 0 aliphatic heterocycles. The van der Waals surface area contributed by atoms with Crippen LogP contribution < -0.4 is 5.32 Å². The molecule has 1 unspecified atom stereocenters. The van der Waals surface area contributed by atoms with Crippen LogP contribution in [0.15, 0.2) is 11.1 Å². The normalized spacial score (nSPS) is 44.0. The molecule has 45 heavy (non-hydrogen) atoms. The lowest BCUT2D eigenvalue weighted by Gasteiger charge is -2.70. The summed E-state index contributed by atoms with van der Waals surface area (Å²) in [6.45, 7) is 17.8. The maximum Gasteiger partial charge on any atom is 0.302 e. The number of rotatable bonds is 4. The molecule has 1 N–H and O–H groups in total. The van der Waals surface area contributed by atoms with E-state index in [-0.39, 0.29) is 95.4 Å². The summed E-state index contributed by atoms with van der Waals surface area (Å²) in [5.74, 6) is -1.97. The third-order valence-corrected chi connectivity index (χ3v) is 15.1. The van der Waals surface area contributed by atoms with E-state index in [1.807, 2.05) is 0 Å². The van der Waals surface area contributed by atoms with Crippen LogP contribution in [0.3, 0.4) is 0 Å². The molecule has 0 aromatic rings. The van der Waals surface area contributed by atoms with Crippen molar-refractivity contribution < 1.29 is 27.9 Å². The molecule has 0 saturated heterocycles. The van der Waals surface area contributed by atoms with Gasteiger partial charge in [0.1, 0.15) is 11.9 Å². The lowest BCUT2D eigenvalue weighted by molar-refractivity contribution is -0.213. The molecule has 0 bridgehead atoms. The molecular weight excluding hydrogens is 572 g/mol. The molecule has 0 spiro atoms. The van der Waals surface area contributed by atoms with E-state index in [4.69, 9.17) is 4.74 Å². The molecule has 6 aliphatic carbocycles. The van der Waals surface area contributed by atoms with E-state index < -0.39 is 11.3 Å². The lowest BCUT2D eigenvalue weighted by Crippen LogP contribution is -2.64. The lowest BCUT2D eigenvalue weighted by atomic mass is 9.34. The van der Waals surface area contributed by atoms with Crippen molar-refractivity contribution in [2.45, 2.75) is 157 Å². The highest BCUT2D eigenvalue weighted by molar-refractivity contribution is 6.00. The van der Waals surface area contributed by atoms with Crippen molar-refractivity contribution in [3.8, 4) is 0 Å². The highest BCUT2D eigenvalue weighted by Gasteiger charge is 2.69. The Hall–Kier alpha value is -1.79. The van der Waals surface area contributed by atoms with E-state index in [9.17, 15) is 23.2 Å². The molecule has 6 aliphatic rings. The van der Waals surface area contributed by atoms with E-state index in [1.54, 1.807) is 0 Å². The van der Waals surface area contributed by atoms with Gasteiger partial charge >= 0.3 is 5.97 Å². The number of carbonyl (C=O) groups excluding carboxylic acids is 3. The molecule has 1 amide bonds. The highest BCUT2D eigenvalue weighted by atomic mass is 19.3. The van der Waals surface area contributed by atoms with Crippen molar-refractivity contribution in [1.29, 1.82) is 0 Å². The first-order valence-corrected chi connectivity index (χ1v) is 18.0. The van der Waals surface area contributed by atoms with Crippen molar-refractivity contribution in [3.63, 3.8) is 0 Å². The summed E-state index contributed by atoms with van der Waals surface area (Å²) < 4.78 is 33.8. The number of halogens is 2. The summed E-state index contributed by atoms with van der Waals surface area (Å²) in [6, 6.07) is -0.256. The number of alkyl halides is 2. The first kappa shape index (κ1) is 33.1. The SMILES string of the molecule is CC(=O)O[C@H]1CC[C@]2(C)[C@H]3CCC4=C5C(C(C)C)C(=O)C[C@]5(C(=O)NC5CCC(F)(F)CC5)CC[C@@]4(C)[C@]3(C)CC[C@H]2C1(C)C. The van der Waals surface area contributed by atoms with Gasteiger partial charge in [-0.25, -0.2) is 8.78 Å². The van der Waals surface area contributed by atoms with Crippen LogP contribution in [0.5, 0.6) is 0 Å². The van der Waals surface area contributed by atoms with Gasteiger partial charge in [-0.1, -0.05) is 54.0 Å². The smallest absolute Gasteiger partial charge is 0.302 e. The van der Waals surface area contributed by atoms with Gasteiger partial charge in [-0.05, 0) is 104 Å². The van der Waals surface area contributed by atoms with Crippen molar-refractivity contribution in [1.82, 2.24) is 5.32 Å². The van der Waals surface area contributed by atoms with Gasteiger partial charge in [-0.2, -0.15) is 0 Å². The molecular formula is C38H57F2NO4. The molecule has 5 saturated carbocycles. The molecule has 7 heteroatoms. The largest absolute Gasteiger partial charge is 0.462 e. The molecule has 0 heterocycles. The van der Waals surface area contributed by atoms with Gasteiger partial charge in [0, 0.05) is 43.6 Å². The Morgan fingerprint density at radius 1 is 0.867 bits per heavy atom. The number of fused-ring (bicyclic) bond motifs is 6. The molecule has 6 rings (SSSR count). The number of hydrogen-bond donors (Lipinski definition) is 1. The van der Waals surface area contributed by atoms with E-state index in [0.717, 1.165) is 50.5 Å². The number of ether oxygens (including phenoxy) is 1. The van der Waals surface area contributed by atoms with Crippen LogP contribution in [0.1, 0.15) is 139 Å². The highest BCUT2D eigenvalue weighted by Crippen LogP contribution is 2.76. The van der Waals surface area contributed by atoms with Gasteiger partial charge in [-0.15, -0.1) is 0 Å². The first-order valence-electron chi connectivity index (χ1n) is 18.0. The minimum atomic E-state index is -2.65. The second-order valence-electron chi connectivity index (χ2n) is 17.8. The van der Waals surface area contributed by atoms with E-state index >= 15 is 0 Å². The van der Waals surface area contributed by atoms with E-state index in [2.05, 4.69) is 53.8 Å². The van der Waals surface area contributed by atoms with Gasteiger partial charge in [0.25, 0.3) is 0 Å². The van der Waals surface area contributed by atoms with Crippen molar-refractivity contribution in [2.75, 3.05) is 0 Å². The quantitative estimate of drug-likeness (QED) is 0.250.